The highest BCUT2D eigenvalue weighted by molar-refractivity contribution is 8.22. The zero-order valence-electron chi connectivity index (χ0n) is 11.2. The van der Waals surface area contributed by atoms with Crippen LogP contribution in [0.25, 0.3) is 0 Å². The Morgan fingerprint density at radius 2 is 2.12 bits per heavy atom. The van der Waals surface area contributed by atoms with Crippen LogP contribution in [0.4, 0.5) is 0 Å². The quantitative estimate of drug-likeness (QED) is 0.739. The highest BCUT2D eigenvalue weighted by Crippen LogP contribution is 2.45. The Bertz CT molecular complexity index is 319. The third-order valence-electron chi connectivity index (χ3n) is 4.51. The summed E-state index contributed by atoms with van der Waals surface area (Å²) < 4.78 is 6.70. The molecule has 0 aromatic rings. The number of hydrogen-bond donors (Lipinski definition) is 1. The molecule has 2 bridgehead atoms. The lowest BCUT2D eigenvalue weighted by Gasteiger charge is -2.55. The molecule has 4 heteroatoms. The Morgan fingerprint density at radius 1 is 1.41 bits per heavy atom. The van der Waals surface area contributed by atoms with E-state index in [9.17, 15) is 0 Å². The first-order valence-electron chi connectivity index (χ1n) is 6.40. The molecule has 2 saturated heterocycles. The normalized spacial score (nSPS) is 39.8. The van der Waals surface area contributed by atoms with Gasteiger partial charge in [0.2, 0.25) is 4.38 Å². The molecule has 2 rings (SSSR count). The van der Waals surface area contributed by atoms with Crippen LogP contribution in [0.1, 0.15) is 46.5 Å². The molecule has 0 spiro atoms. The third-order valence-corrected chi connectivity index (χ3v) is 5.54. The summed E-state index contributed by atoms with van der Waals surface area (Å²) in [6.07, 6.45) is 7.15. The van der Waals surface area contributed by atoms with Gasteiger partial charge in [0.15, 0.2) is 0 Å². The van der Waals surface area contributed by atoms with Crippen LogP contribution in [0.15, 0.2) is 0 Å². The Balaban J connectivity index is 2.16. The van der Waals surface area contributed by atoms with E-state index >= 15 is 0 Å². The molecule has 2 fully saturated rings. The molecule has 0 aliphatic carbocycles. The van der Waals surface area contributed by atoms with Crippen molar-refractivity contribution >= 4 is 28.4 Å². The van der Waals surface area contributed by atoms with Crippen molar-refractivity contribution in [2.24, 2.45) is 5.41 Å². The first-order chi connectivity index (χ1) is 7.87. The van der Waals surface area contributed by atoms with E-state index in [1.54, 1.807) is 0 Å². The van der Waals surface area contributed by atoms with E-state index < -0.39 is 0 Å². The molecule has 2 aliphatic rings. The van der Waals surface area contributed by atoms with Crippen LogP contribution in [0.3, 0.4) is 0 Å². The van der Waals surface area contributed by atoms with E-state index in [1.807, 2.05) is 6.26 Å². The van der Waals surface area contributed by atoms with E-state index in [0.29, 0.717) is 10.4 Å². The van der Waals surface area contributed by atoms with Gasteiger partial charge in [0.05, 0.1) is 0 Å². The van der Waals surface area contributed by atoms with Crippen LogP contribution in [0, 0.1) is 5.41 Å². The topological polar surface area (TPSA) is 21.3 Å². The molecular weight excluding hydrogens is 250 g/mol. The highest BCUT2D eigenvalue weighted by atomic mass is 32.2. The molecule has 2 aliphatic heterocycles. The average molecular weight is 273 g/mol. The summed E-state index contributed by atoms with van der Waals surface area (Å²) in [7, 11) is 0. The predicted octanol–water partition coefficient (Wildman–Crippen LogP) is 3.35. The lowest BCUT2D eigenvalue weighted by molar-refractivity contribution is -0.0546. The molecule has 0 saturated carbocycles. The molecule has 0 aromatic carbocycles. The molecule has 0 amide bonds. The van der Waals surface area contributed by atoms with Gasteiger partial charge in [-0.2, -0.15) is 0 Å². The fourth-order valence-corrected chi connectivity index (χ4v) is 3.56. The van der Waals surface area contributed by atoms with Crippen LogP contribution in [0.2, 0.25) is 0 Å². The van der Waals surface area contributed by atoms with Gasteiger partial charge in [0.25, 0.3) is 0 Å². The Labute approximate surface area is 114 Å². The van der Waals surface area contributed by atoms with E-state index in [2.05, 4.69) is 26.1 Å². The number of thioether (sulfide) groups is 1. The van der Waals surface area contributed by atoms with Gasteiger partial charge in [-0.15, -0.1) is 0 Å². The van der Waals surface area contributed by atoms with Crippen molar-refractivity contribution in [1.82, 2.24) is 5.32 Å². The van der Waals surface area contributed by atoms with E-state index in [0.717, 1.165) is 6.42 Å². The van der Waals surface area contributed by atoms with Crippen molar-refractivity contribution in [2.75, 3.05) is 6.26 Å². The lowest BCUT2D eigenvalue weighted by atomic mass is 9.64. The lowest BCUT2D eigenvalue weighted by Crippen LogP contribution is -2.66. The number of thiocarbonyl (C=S) groups is 1. The monoisotopic (exact) mass is 273 g/mol. The second-order valence-corrected chi connectivity index (χ2v) is 7.64. The molecule has 2 heterocycles. The van der Waals surface area contributed by atoms with Crippen LogP contribution < -0.4 is 5.32 Å². The van der Waals surface area contributed by atoms with Crippen molar-refractivity contribution in [2.45, 2.75) is 64.1 Å². The number of nitrogens with one attached hydrogen (secondary N) is 1. The van der Waals surface area contributed by atoms with Gasteiger partial charge in [-0.1, -0.05) is 32.0 Å². The summed E-state index contributed by atoms with van der Waals surface area (Å²) in [5, 5.41) is 3.81. The first-order valence-corrected chi connectivity index (χ1v) is 8.03. The first kappa shape index (κ1) is 13.6. The van der Waals surface area contributed by atoms with Gasteiger partial charge >= 0.3 is 0 Å². The van der Waals surface area contributed by atoms with Crippen LogP contribution in [0.5, 0.6) is 0 Å². The van der Waals surface area contributed by atoms with E-state index in [-0.39, 0.29) is 17.1 Å². The SMILES string of the molecule is CSC(=S)O[C@@H]1C[C@]2(C)CCC[C@@H](N2)C1(C)C. The number of fused-ring (bicyclic) bond motifs is 2. The molecule has 1 N–H and O–H groups in total. The van der Waals surface area contributed by atoms with Crippen molar-refractivity contribution in [1.29, 1.82) is 0 Å². The molecule has 17 heavy (non-hydrogen) atoms. The van der Waals surface area contributed by atoms with E-state index in [4.69, 9.17) is 17.0 Å². The third kappa shape index (κ3) is 2.64. The Kier molecular flexibility index (Phi) is 3.77. The number of piperidine rings is 2. The summed E-state index contributed by atoms with van der Waals surface area (Å²) in [6, 6.07) is 0.560. The second kappa shape index (κ2) is 4.71. The molecule has 0 aromatic heterocycles. The van der Waals surface area contributed by atoms with Crippen LogP contribution >= 0.6 is 24.0 Å². The zero-order chi connectivity index (χ0) is 12.7. The van der Waals surface area contributed by atoms with Crippen molar-refractivity contribution in [3.63, 3.8) is 0 Å². The Morgan fingerprint density at radius 3 is 2.76 bits per heavy atom. The summed E-state index contributed by atoms with van der Waals surface area (Å²) in [5.41, 5.74) is 0.414. The van der Waals surface area contributed by atoms with Gasteiger partial charge in [-0.25, -0.2) is 0 Å². The van der Waals surface area contributed by atoms with Crippen molar-refractivity contribution < 1.29 is 4.74 Å². The molecule has 98 valence electrons. The average Bonchev–Trinajstić information content (AvgIpc) is 2.26. The zero-order valence-corrected chi connectivity index (χ0v) is 12.8. The fraction of sp³-hybridized carbons (Fsp3) is 0.923. The fourth-order valence-electron chi connectivity index (χ4n) is 3.23. The van der Waals surface area contributed by atoms with Gasteiger partial charge in [0.1, 0.15) is 6.10 Å². The van der Waals surface area contributed by atoms with Crippen molar-refractivity contribution in [3.8, 4) is 0 Å². The second-order valence-electron chi connectivity index (χ2n) is 6.24. The minimum absolute atomic E-state index is 0.166. The molecule has 2 nitrogen and oxygen atoms in total. The smallest absolute Gasteiger partial charge is 0.219 e. The summed E-state index contributed by atoms with van der Waals surface area (Å²) in [5.74, 6) is 0. The largest absolute Gasteiger partial charge is 0.475 e. The number of ether oxygens (including phenoxy) is 1. The number of hydrogen-bond acceptors (Lipinski definition) is 4. The minimum atomic E-state index is 0.166. The maximum Gasteiger partial charge on any atom is 0.219 e. The molecule has 3 atom stereocenters. The number of rotatable bonds is 1. The molecule has 0 unspecified atom stereocenters. The van der Waals surface area contributed by atoms with Gasteiger partial charge < -0.3 is 10.1 Å². The maximum absolute atomic E-state index is 6.01. The van der Waals surface area contributed by atoms with Gasteiger partial charge in [-0.05, 0) is 38.2 Å². The van der Waals surface area contributed by atoms with Crippen LogP contribution in [-0.2, 0) is 4.74 Å². The van der Waals surface area contributed by atoms with Gasteiger partial charge in [-0.3, -0.25) is 0 Å². The van der Waals surface area contributed by atoms with Crippen molar-refractivity contribution in [3.05, 3.63) is 0 Å². The van der Waals surface area contributed by atoms with Crippen LogP contribution in [-0.4, -0.2) is 28.3 Å². The Hall–Kier alpha value is 0.200. The molecular formula is C13H23NOS2. The standard InChI is InChI=1S/C13H23NOS2/c1-12(2)9-6-5-7-13(3,14-9)8-10(12)15-11(16)17-4/h9-10,14H,5-8H2,1-4H3/t9-,10-,13+/m1/s1. The minimum Gasteiger partial charge on any atom is -0.475 e. The maximum atomic E-state index is 6.01. The summed E-state index contributed by atoms with van der Waals surface area (Å²) in [6.45, 7) is 6.94. The molecule has 0 radical (unpaired) electrons. The summed E-state index contributed by atoms with van der Waals surface area (Å²) >= 11 is 6.76. The summed E-state index contributed by atoms with van der Waals surface area (Å²) in [4.78, 5) is 0. The van der Waals surface area contributed by atoms with Gasteiger partial charge in [0, 0.05) is 23.4 Å². The highest BCUT2D eigenvalue weighted by Gasteiger charge is 2.51. The van der Waals surface area contributed by atoms with E-state index in [1.165, 1.54) is 31.0 Å². The predicted molar refractivity (Wildman–Crippen MR) is 78.6 cm³/mol.